The Kier molecular flexibility index (Phi) is 2.52. The highest BCUT2D eigenvalue weighted by atomic mass is 16.5. The van der Waals surface area contributed by atoms with Crippen molar-refractivity contribution in [2.75, 3.05) is 0 Å². The van der Waals surface area contributed by atoms with Crippen molar-refractivity contribution in [3.8, 4) is 5.88 Å². The van der Waals surface area contributed by atoms with E-state index in [2.05, 4.69) is 9.97 Å². The van der Waals surface area contributed by atoms with Crippen molar-refractivity contribution in [1.82, 2.24) is 9.97 Å². The summed E-state index contributed by atoms with van der Waals surface area (Å²) >= 11 is 0. The number of ether oxygens (including phenoxy) is 1. The van der Waals surface area contributed by atoms with Gasteiger partial charge in [-0.25, -0.2) is 9.78 Å². The molecule has 0 saturated carbocycles. The van der Waals surface area contributed by atoms with Crippen LogP contribution in [0.5, 0.6) is 5.88 Å². The standard InChI is InChI=1S/C11H12N2O3/c1-6(2)16-9-4-3-8-10(13-9)7(5-12-8)11(14)15/h3-6,12H,1-2H3,(H,14,15). The van der Waals surface area contributed by atoms with Gasteiger partial charge >= 0.3 is 5.97 Å². The highest BCUT2D eigenvalue weighted by molar-refractivity contribution is 6.01. The Hall–Kier alpha value is -2.04. The normalized spacial score (nSPS) is 10.9. The van der Waals surface area contributed by atoms with Gasteiger partial charge in [-0.2, -0.15) is 0 Å². The molecule has 0 bridgehead atoms. The number of hydrogen-bond acceptors (Lipinski definition) is 3. The Morgan fingerprint density at radius 1 is 1.50 bits per heavy atom. The van der Waals surface area contributed by atoms with Gasteiger partial charge in [0.2, 0.25) is 5.88 Å². The molecule has 0 fully saturated rings. The minimum Gasteiger partial charge on any atom is -0.478 e. The third-order valence-corrected chi connectivity index (χ3v) is 2.08. The van der Waals surface area contributed by atoms with Gasteiger partial charge in [0.05, 0.1) is 11.6 Å². The van der Waals surface area contributed by atoms with Gasteiger partial charge in [0.15, 0.2) is 0 Å². The van der Waals surface area contributed by atoms with Crippen molar-refractivity contribution < 1.29 is 14.6 Å². The van der Waals surface area contributed by atoms with Crippen LogP contribution in [0.2, 0.25) is 0 Å². The number of fused-ring (bicyclic) bond motifs is 1. The van der Waals surface area contributed by atoms with Crippen LogP contribution < -0.4 is 4.74 Å². The molecule has 0 radical (unpaired) electrons. The molecular formula is C11H12N2O3. The third kappa shape index (κ3) is 1.84. The Morgan fingerprint density at radius 3 is 2.88 bits per heavy atom. The molecule has 16 heavy (non-hydrogen) atoms. The molecule has 2 N–H and O–H groups in total. The van der Waals surface area contributed by atoms with E-state index in [1.165, 1.54) is 6.20 Å². The second-order valence-corrected chi connectivity index (χ2v) is 3.72. The first-order chi connectivity index (χ1) is 7.58. The summed E-state index contributed by atoms with van der Waals surface area (Å²) in [6.45, 7) is 3.78. The molecule has 0 saturated heterocycles. The molecule has 0 aliphatic carbocycles. The van der Waals surface area contributed by atoms with Gasteiger partial charge in [0.1, 0.15) is 11.1 Å². The molecule has 0 aromatic carbocycles. The summed E-state index contributed by atoms with van der Waals surface area (Å²) in [5.41, 5.74) is 1.27. The van der Waals surface area contributed by atoms with Gasteiger partial charge in [0, 0.05) is 12.3 Å². The Labute approximate surface area is 92.1 Å². The smallest absolute Gasteiger partial charge is 0.339 e. The Balaban J connectivity index is 2.50. The number of aromatic carboxylic acids is 1. The van der Waals surface area contributed by atoms with Crippen LogP contribution in [0.15, 0.2) is 18.3 Å². The van der Waals surface area contributed by atoms with E-state index in [0.29, 0.717) is 16.9 Å². The summed E-state index contributed by atoms with van der Waals surface area (Å²) in [4.78, 5) is 17.9. The molecule has 5 heteroatoms. The van der Waals surface area contributed by atoms with Crippen molar-refractivity contribution in [3.63, 3.8) is 0 Å². The van der Waals surface area contributed by atoms with Crippen LogP contribution >= 0.6 is 0 Å². The molecule has 0 unspecified atom stereocenters. The number of nitrogens with one attached hydrogen (secondary N) is 1. The van der Waals surface area contributed by atoms with E-state index in [1.54, 1.807) is 12.1 Å². The molecule has 0 aliphatic heterocycles. The maximum Gasteiger partial charge on any atom is 0.339 e. The molecule has 0 atom stereocenters. The molecule has 5 nitrogen and oxygen atoms in total. The van der Waals surface area contributed by atoms with Gasteiger partial charge in [-0.1, -0.05) is 0 Å². The van der Waals surface area contributed by atoms with E-state index in [0.717, 1.165) is 0 Å². The summed E-state index contributed by atoms with van der Waals surface area (Å²) in [5, 5.41) is 8.94. The Bertz CT molecular complexity index is 531. The molecule has 2 rings (SSSR count). The molecule has 0 amide bonds. The largest absolute Gasteiger partial charge is 0.478 e. The fraction of sp³-hybridized carbons (Fsp3) is 0.273. The van der Waals surface area contributed by atoms with Gasteiger partial charge in [-0.05, 0) is 19.9 Å². The minimum absolute atomic E-state index is 0.0113. The number of nitrogens with zero attached hydrogens (tertiary/aromatic N) is 1. The minimum atomic E-state index is -1.000. The van der Waals surface area contributed by atoms with E-state index >= 15 is 0 Å². The number of pyridine rings is 1. The molecule has 2 aromatic heterocycles. The predicted molar refractivity (Wildman–Crippen MR) is 58.8 cm³/mol. The molecule has 0 aliphatic rings. The highest BCUT2D eigenvalue weighted by Gasteiger charge is 2.12. The van der Waals surface area contributed by atoms with Crippen LogP contribution in [-0.4, -0.2) is 27.1 Å². The van der Waals surface area contributed by atoms with Gasteiger partial charge < -0.3 is 14.8 Å². The fourth-order valence-electron chi connectivity index (χ4n) is 1.45. The van der Waals surface area contributed by atoms with Crippen LogP contribution in [0, 0.1) is 0 Å². The van der Waals surface area contributed by atoms with E-state index in [9.17, 15) is 4.79 Å². The highest BCUT2D eigenvalue weighted by Crippen LogP contribution is 2.20. The summed E-state index contributed by atoms with van der Waals surface area (Å²) in [6, 6.07) is 3.47. The maximum absolute atomic E-state index is 10.9. The van der Waals surface area contributed by atoms with E-state index in [1.807, 2.05) is 13.8 Å². The second kappa shape index (κ2) is 3.84. The van der Waals surface area contributed by atoms with Gasteiger partial charge in [-0.15, -0.1) is 0 Å². The van der Waals surface area contributed by atoms with Crippen LogP contribution in [0.1, 0.15) is 24.2 Å². The first-order valence-electron chi connectivity index (χ1n) is 4.96. The zero-order valence-corrected chi connectivity index (χ0v) is 9.02. The predicted octanol–water partition coefficient (Wildman–Crippen LogP) is 2.05. The van der Waals surface area contributed by atoms with Crippen molar-refractivity contribution in [1.29, 1.82) is 0 Å². The summed E-state index contributed by atoms with van der Waals surface area (Å²) in [6.07, 6.45) is 1.44. The number of rotatable bonds is 3. The summed E-state index contributed by atoms with van der Waals surface area (Å²) in [5.74, 6) is -0.565. The van der Waals surface area contributed by atoms with Crippen LogP contribution in [-0.2, 0) is 0 Å². The molecule has 2 aromatic rings. The van der Waals surface area contributed by atoms with Crippen molar-refractivity contribution >= 4 is 17.0 Å². The lowest BCUT2D eigenvalue weighted by molar-refractivity contribution is 0.0699. The molecule has 0 spiro atoms. The van der Waals surface area contributed by atoms with Gasteiger partial charge in [-0.3, -0.25) is 0 Å². The van der Waals surface area contributed by atoms with E-state index < -0.39 is 5.97 Å². The average Bonchev–Trinajstić information content (AvgIpc) is 2.59. The van der Waals surface area contributed by atoms with E-state index in [-0.39, 0.29) is 11.7 Å². The molecular weight excluding hydrogens is 208 g/mol. The number of H-pyrrole nitrogens is 1. The second-order valence-electron chi connectivity index (χ2n) is 3.72. The Morgan fingerprint density at radius 2 is 2.25 bits per heavy atom. The number of carboxylic acids is 1. The first-order valence-corrected chi connectivity index (χ1v) is 4.96. The zero-order chi connectivity index (χ0) is 11.7. The average molecular weight is 220 g/mol. The molecule has 2 heterocycles. The number of carboxylic acid groups (broad SMARTS) is 1. The van der Waals surface area contributed by atoms with Crippen LogP contribution in [0.3, 0.4) is 0 Å². The number of aromatic nitrogens is 2. The maximum atomic E-state index is 10.9. The zero-order valence-electron chi connectivity index (χ0n) is 9.02. The van der Waals surface area contributed by atoms with E-state index in [4.69, 9.17) is 9.84 Å². The van der Waals surface area contributed by atoms with Crippen LogP contribution in [0.4, 0.5) is 0 Å². The number of hydrogen-bond donors (Lipinski definition) is 2. The van der Waals surface area contributed by atoms with Crippen molar-refractivity contribution in [3.05, 3.63) is 23.9 Å². The van der Waals surface area contributed by atoms with Crippen LogP contribution in [0.25, 0.3) is 11.0 Å². The SMILES string of the molecule is CC(C)Oc1ccc2[nH]cc(C(=O)O)c2n1. The van der Waals surface area contributed by atoms with Crippen molar-refractivity contribution in [2.45, 2.75) is 20.0 Å². The topological polar surface area (TPSA) is 75.2 Å². The first kappa shape index (κ1) is 10.5. The lowest BCUT2D eigenvalue weighted by Crippen LogP contribution is -2.07. The van der Waals surface area contributed by atoms with Crippen molar-refractivity contribution in [2.24, 2.45) is 0 Å². The van der Waals surface area contributed by atoms with Gasteiger partial charge in [0.25, 0.3) is 0 Å². The quantitative estimate of drug-likeness (QED) is 0.830. The lowest BCUT2D eigenvalue weighted by atomic mass is 10.3. The fourth-order valence-corrected chi connectivity index (χ4v) is 1.45. The molecule has 84 valence electrons. The summed E-state index contributed by atoms with van der Waals surface area (Å²) < 4.78 is 5.41. The monoisotopic (exact) mass is 220 g/mol. The third-order valence-electron chi connectivity index (χ3n) is 2.08. The lowest BCUT2D eigenvalue weighted by Gasteiger charge is -2.07. The number of carbonyl (C=O) groups is 1. The summed E-state index contributed by atoms with van der Waals surface area (Å²) in [7, 11) is 0. The number of aromatic amines is 1.